The Balaban J connectivity index is 3.02. The SMILES string of the molecule is COc1cccc(C(C)(C)P)c1. The van der Waals surface area contributed by atoms with Crippen LogP contribution in [0.15, 0.2) is 24.3 Å². The summed E-state index contributed by atoms with van der Waals surface area (Å²) in [5.74, 6) is 0.919. The number of hydrogen-bond acceptors (Lipinski definition) is 1. The van der Waals surface area contributed by atoms with E-state index in [1.165, 1.54) is 5.56 Å². The Morgan fingerprint density at radius 1 is 1.33 bits per heavy atom. The zero-order valence-corrected chi connectivity index (χ0v) is 8.95. The van der Waals surface area contributed by atoms with Crippen molar-refractivity contribution in [2.45, 2.75) is 19.0 Å². The number of methoxy groups -OCH3 is 1. The maximum atomic E-state index is 5.14. The summed E-state index contributed by atoms with van der Waals surface area (Å²) in [5, 5.41) is 0.120. The van der Waals surface area contributed by atoms with E-state index < -0.39 is 0 Å². The zero-order chi connectivity index (χ0) is 9.19. The highest BCUT2D eigenvalue weighted by molar-refractivity contribution is 7.18. The quantitative estimate of drug-likeness (QED) is 0.639. The fourth-order valence-electron chi connectivity index (χ4n) is 1.02. The van der Waals surface area contributed by atoms with Crippen molar-refractivity contribution < 1.29 is 4.74 Å². The second-order valence-electron chi connectivity index (χ2n) is 3.45. The van der Waals surface area contributed by atoms with Gasteiger partial charge in [0.1, 0.15) is 5.75 Å². The lowest BCUT2D eigenvalue weighted by Gasteiger charge is -2.19. The molecule has 1 aromatic rings. The molecule has 0 spiro atoms. The fraction of sp³-hybridized carbons (Fsp3) is 0.400. The van der Waals surface area contributed by atoms with Crippen molar-refractivity contribution in [2.24, 2.45) is 0 Å². The highest BCUT2D eigenvalue weighted by atomic mass is 31.0. The minimum absolute atomic E-state index is 0.120. The van der Waals surface area contributed by atoms with Gasteiger partial charge in [-0.05, 0) is 17.7 Å². The van der Waals surface area contributed by atoms with Gasteiger partial charge in [-0.3, -0.25) is 0 Å². The third-order valence-corrected chi connectivity index (χ3v) is 2.15. The molecule has 0 N–H and O–H groups in total. The van der Waals surface area contributed by atoms with Gasteiger partial charge in [0, 0.05) is 5.16 Å². The first-order chi connectivity index (χ1) is 5.54. The Kier molecular flexibility index (Phi) is 2.74. The number of hydrogen-bond donors (Lipinski definition) is 0. The molecule has 0 saturated heterocycles. The first-order valence-electron chi connectivity index (χ1n) is 3.97. The fourth-order valence-corrected chi connectivity index (χ4v) is 1.20. The molecule has 12 heavy (non-hydrogen) atoms. The van der Waals surface area contributed by atoms with E-state index >= 15 is 0 Å². The molecule has 1 rings (SSSR count). The van der Waals surface area contributed by atoms with Gasteiger partial charge in [0.15, 0.2) is 0 Å². The van der Waals surface area contributed by atoms with Crippen molar-refractivity contribution in [2.75, 3.05) is 7.11 Å². The van der Waals surface area contributed by atoms with E-state index in [2.05, 4.69) is 35.2 Å². The lowest BCUT2D eigenvalue weighted by Crippen LogP contribution is -2.06. The lowest BCUT2D eigenvalue weighted by molar-refractivity contribution is 0.414. The molecule has 0 fully saturated rings. The van der Waals surface area contributed by atoms with Crippen LogP contribution in [0.25, 0.3) is 0 Å². The van der Waals surface area contributed by atoms with Crippen molar-refractivity contribution in [3.05, 3.63) is 29.8 Å². The van der Waals surface area contributed by atoms with Gasteiger partial charge in [-0.1, -0.05) is 26.0 Å². The van der Waals surface area contributed by atoms with Crippen molar-refractivity contribution >= 4 is 9.24 Å². The Morgan fingerprint density at radius 3 is 2.50 bits per heavy atom. The second kappa shape index (κ2) is 3.45. The number of benzene rings is 1. The molecule has 0 aliphatic heterocycles. The van der Waals surface area contributed by atoms with Crippen LogP contribution >= 0.6 is 9.24 Å². The molecule has 0 radical (unpaired) electrons. The van der Waals surface area contributed by atoms with Crippen LogP contribution in [-0.4, -0.2) is 7.11 Å². The van der Waals surface area contributed by atoms with Crippen LogP contribution in [0.5, 0.6) is 5.75 Å². The van der Waals surface area contributed by atoms with Gasteiger partial charge in [0.25, 0.3) is 0 Å². The molecule has 1 unspecified atom stereocenters. The Hall–Kier alpha value is -0.550. The molecular weight excluding hydrogens is 167 g/mol. The van der Waals surface area contributed by atoms with Crippen molar-refractivity contribution in [1.82, 2.24) is 0 Å². The zero-order valence-electron chi connectivity index (χ0n) is 7.79. The monoisotopic (exact) mass is 182 g/mol. The molecule has 66 valence electrons. The average molecular weight is 182 g/mol. The molecular formula is C10H15OP. The molecule has 0 aliphatic carbocycles. The van der Waals surface area contributed by atoms with Crippen molar-refractivity contribution in [3.8, 4) is 5.75 Å². The first kappa shape index (κ1) is 9.54. The van der Waals surface area contributed by atoms with Crippen molar-refractivity contribution in [1.29, 1.82) is 0 Å². The van der Waals surface area contributed by atoms with Gasteiger partial charge >= 0.3 is 0 Å². The van der Waals surface area contributed by atoms with E-state index in [9.17, 15) is 0 Å². The smallest absolute Gasteiger partial charge is 0.119 e. The Labute approximate surface area is 76.3 Å². The lowest BCUT2D eigenvalue weighted by atomic mass is 10.0. The minimum Gasteiger partial charge on any atom is -0.497 e. The van der Waals surface area contributed by atoms with Crippen LogP contribution in [0.3, 0.4) is 0 Å². The molecule has 1 atom stereocenters. The minimum atomic E-state index is 0.120. The van der Waals surface area contributed by atoms with E-state index in [-0.39, 0.29) is 5.16 Å². The van der Waals surface area contributed by atoms with Crippen LogP contribution in [0.2, 0.25) is 0 Å². The molecule has 0 aliphatic rings. The summed E-state index contributed by atoms with van der Waals surface area (Å²) >= 11 is 0. The van der Waals surface area contributed by atoms with Crippen LogP contribution < -0.4 is 4.74 Å². The topological polar surface area (TPSA) is 9.23 Å². The highest BCUT2D eigenvalue weighted by Gasteiger charge is 2.13. The third-order valence-electron chi connectivity index (χ3n) is 1.81. The number of rotatable bonds is 2. The van der Waals surface area contributed by atoms with Gasteiger partial charge in [0.05, 0.1) is 7.11 Å². The standard InChI is InChI=1S/C10H15OP/c1-10(2,12)8-5-4-6-9(7-8)11-3/h4-7H,12H2,1-3H3. The predicted molar refractivity (Wildman–Crippen MR) is 55.7 cm³/mol. The van der Waals surface area contributed by atoms with Gasteiger partial charge in [-0.2, -0.15) is 0 Å². The molecule has 0 aromatic heterocycles. The van der Waals surface area contributed by atoms with Crippen LogP contribution in [0.4, 0.5) is 0 Å². The highest BCUT2D eigenvalue weighted by Crippen LogP contribution is 2.31. The van der Waals surface area contributed by atoms with E-state index in [4.69, 9.17) is 4.74 Å². The molecule has 1 aromatic carbocycles. The molecule has 0 heterocycles. The van der Waals surface area contributed by atoms with Gasteiger partial charge in [0.2, 0.25) is 0 Å². The van der Waals surface area contributed by atoms with Crippen LogP contribution in [0, 0.1) is 0 Å². The Bertz CT molecular complexity index is 263. The van der Waals surface area contributed by atoms with E-state index in [1.807, 2.05) is 12.1 Å². The normalized spacial score (nSPS) is 11.3. The van der Waals surface area contributed by atoms with E-state index in [0.717, 1.165) is 5.75 Å². The summed E-state index contributed by atoms with van der Waals surface area (Å²) in [7, 11) is 4.51. The largest absolute Gasteiger partial charge is 0.497 e. The first-order valence-corrected chi connectivity index (χ1v) is 4.55. The maximum absolute atomic E-state index is 5.14. The van der Waals surface area contributed by atoms with Crippen LogP contribution in [-0.2, 0) is 5.16 Å². The second-order valence-corrected chi connectivity index (χ2v) is 4.90. The maximum Gasteiger partial charge on any atom is 0.119 e. The van der Waals surface area contributed by atoms with Crippen molar-refractivity contribution in [3.63, 3.8) is 0 Å². The molecule has 0 amide bonds. The summed E-state index contributed by atoms with van der Waals surface area (Å²) in [6.07, 6.45) is 0. The number of ether oxygens (including phenoxy) is 1. The summed E-state index contributed by atoms with van der Waals surface area (Å²) < 4.78 is 5.14. The molecule has 2 heteroatoms. The summed E-state index contributed by atoms with van der Waals surface area (Å²) in [6.45, 7) is 4.32. The van der Waals surface area contributed by atoms with Gasteiger partial charge in [-0.25, -0.2) is 0 Å². The molecule has 0 bridgehead atoms. The molecule has 0 saturated carbocycles. The van der Waals surface area contributed by atoms with Gasteiger partial charge in [-0.15, -0.1) is 9.24 Å². The molecule has 1 nitrogen and oxygen atoms in total. The Morgan fingerprint density at radius 2 is 2.00 bits per heavy atom. The third kappa shape index (κ3) is 2.22. The predicted octanol–water partition coefficient (Wildman–Crippen LogP) is 2.81. The van der Waals surface area contributed by atoms with Gasteiger partial charge < -0.3 is 4.74 Å². The summed E-state index contributed by atoms with van der Waals surface area (Å²) in [6, 6.07) is 8.14. The average Bonchev–Trinajstić information content (AvgIpc) is 2.03. The summed E-state index contributed by atoms with van der Waals surface area (Å²) in [5.41, 5.74) is 1.27. The van der Waals surface area contributed by atoms with Crippen LogP contribution in [0.1, 0.15) is 19.4 Å². The van der Waals surface area contributed by atoms with E-state index in [0.29, 0.717) is 0 Å². The summed E-state index contributed by atoms with van der Waals surface area (Å²) in [4.78, 5) is 0. The van der Waals surface area contributed by atoms with E-state index in [1.54, 1.807) is 7.11 Å².